The van der Waals surface area contributed by atoms with Crippen LogP contribution in [0.15, 0.2) is 18.2 Å². The molecule has 1 heterocycles. The van der Waals surface area contributed by atoms with Crippen molar-refractivity contribution in [3.8, 4) is 0 Å². The Labute approximate surface area is 89.7 Å². The van der Waals surface area contributed by atoms with E-state index in [1.165, 1.54) is 24.0 Å². The van der Waals surface area contributed by atoms with Crippen molar-refractivity contribution in [2.75, 3.05) is 13.1 Å². The van der Waals surface area contributed by atoms with E-state index in [-0.39, 0.29) is 11.2 Å². The number of benzene rings is 1. The van der Waals surface area contributed by atoms with Crippen LogP contribution in [0.4, 0.5) is 0 Å². The molecule has 0 aromatic heterocycles. The minimum atomic E-state index is 0.248. The lowest BCUT2D eigenvalue weighted by Crippen LogP contribution is -2.26. The first kappa shape index (κ1) is 9.10. The first-order valence-electron chi connectivity index (χ1n) is 5.56. The predicted molar refractivity (Wildman–Crippen MR) is 59.3 cm³/mol. The molecule has 2 aliphatic rings. The highest BCUT2D eigenvalue weighted by atomic mass is 16.1. The molecule has 0 atom stereocenters. The Bertz CT molecular complexity index is 432. The van der Waals surface area contributed by atoms with Crippen molar-refractivity contribution in [1.82, 2.24) is 5.32 Å². The van der Waals surface area contributed by atoms with Crippen LogP contribution >= 0.6 is 0 Å². The molecule has 0 saturated heterocycles. The first-order chi connectivity index (χ1) is 7.21. The number of carbonyl (C=O) groups excluding carboxylic acids is 1. The van der Waals surface area contributed by atoms with E-state index in [1.807, 2.05) is 13.0 Å². The average Bonchev–Trinajstić information content (AvgIpc) is 2.99. The summed E-state index contributed by atoms with van der Waals surface area (Å²) < 4.78 is 0. The smallest absolute Gasteiger partial charge is 0.176 e. The summed E-state index contributed by atoms with van der Waals surface area (Å²) in [5, 5.41) is 3.27. The second-order valence-corrected chi connectivity index (χ2v) is 4.86. The lowest BCUT2D eigenvalue weighted by atomic mass is 9.90. The van der Waals surface area contributed by atoms with Crippen LogP contribution in [0, 0.1) is 6.92 Å². The molecule has 1 aliphatic heterocycles. The molecule has 0 unspecified atom stereocenters. The van der Waals surface area contributed by atoms with Gasteiger partial charge in [-0.15, -0.1) is 0 Å². The molecular weight excluding hydrogens is 186 g/mol. The van der Waals surface area contributed by atoms with Crippen molar-refractivity contribution in [3.63, 3.8) is 0 Å². The van der Waals surface area contributed by atoms with Gasteiger partial charge >= 0.3 is 0 Å². The highest BCUT2D eigenvalue weighted by Crippen LogP contribution is 2.49. The summed E-state index contributed by atoms with van der Waals surface area (Å²) >= 11 is 0. The molecule has 1 aliphatic carbocycles. The lowest BCUT2D eigenvalue weighted by Gasteiger charge is -2.15. The second kappa shape index (κ2) is 2.92. The average molecular weight is 201 g/mol. The molecule has 0 radical (unpaired) electrons. The van der Waals surface area contributed by atoms with E-state index in [0.29, 0.717) is 6.54 Å². The fraction of sp³-hybridized carbons (Fsp3) is 0.462. The normalized spacial score (nSPS) is 22.3. The molecule has 1 aromatic rings. The van der Waals surface area contributed by atoms with Gasteiger partial charge in [0.15, 0.2) is 5.78 Å². The molecule has 2 heteroatoms. The van der Waals surface area contributed by atoms with Crippen LogP contribution in [0.2, 0.25) is 0 Å². The summed E-state index contributed by atoms with van der Waals surface area (Å²) in [4.78, 5) is 11.9. The molecule has 2 nitrogen and oxygen atoms in total. The van der Waals surface area contributed by atoms with Gasteiger partial charge in [-0.1, -0.05) is 17.7 Å². The predicted octanol–water partition coefficient (Wildman–Crippen LogP) is 1.81. The number of fused-ring (bicyclic) bond motifs is 2. The van der Waals surface area contributed by atoms with Crippen LogP contribution < -0.4 is 5.32 Å². The molecule has 3 rings (SSSR count). The maximum Gasteiger partial charge on any atom is 0.176 e. The topological polar surface area (TPSA) is 29.1 Å². The second-order valence-electron chi connectivity index (χ2n) is 4.86. The monoisotopic (exact) mass is 201 g/mol. The Kier molecular flexibility index (Phi) is 1.77. The third-order valence-corrected chi connectivity index (χ3v) is 3.65. The molecule has 1 spiro atoms. The van der Waals surface area contributed by atoms with Gasteiger partial charge < -0.3 is 5.32 Å². The van der Waals surface area contributed by atoms with E-state index in [4.69, 9.17) is 0 Å². The van der Waals surface area contributed by atoms with Crippen LogP contribution in [0.25, 0.3) is 0 Å². The summed E-state index contributed by atoms with van der Waals surface area (Å²) in [6.07, 6.45) is 2.45. The van der Waals surface area contributed by atoms with Crippen LogP contribution in [-0.2, 0) is 5.41 Å². The molecule has 0 amide bonds. The number of ketones is 1. The summed E-state index contributed by atoms with van der Waals surface area (Å²) in [5.74, 6) is 0.248. The van der Waals surface area contributed by atoms with Crippen LogP contribution in [0.3, 0.4) is 0 Å². The molecule has 15 heavy (non-hydrogen) atoms. The van der Waals surface area contributed by atoms with Crippen LogP contribution in [0.1, 0.15) is 34.3 Å². The minimum Gasteiger partial charge on any atom is -0.309 e. The van der Waals surface area contributed by atoms with Gasteiger partial charge in [-0.3, -0.25) is 4.79 Å². The number of rotatable bonds is 0. The Morgan fingerprint density at radius 2 is 2.13 bits per heavy atom. The summed E-state index contributed by atoms with van der Waals surface area (Å²) in [6.45, 7) is 3.51. The Balaban J connectivity index is 2.19. The maximum atomic E-state index is 11.9. The molecule has 1 N–H and O–H groups in total. The summed E-state index contributed by atoms with van der Waals surface area (Å²) in [6, 6.07) is 6.32. The Hall–Kier alpha value is -1.15. The van der Waals surface area contributed by atoms with Gasteiger partial charge in [0, 0.05) is 17.5 Å². The maximum absolute atomic E-state index is 11.9. The Morgan fingerprint density at radius 3 is 2.87 bits per heavy atom. The van der Waals surface area contributed by atoms with Gasteiger partial charge in [0.25, 0.3) is 0 Å². The fourth-order valence-corrected chi connectivity index (χ4v) is 2.55. The van der Waals surface area contributed by atoms with E-state index in [1.54, 1.807) is 0 Å². The van der Waals surface area contributed by atoms with E-state index < -0.39 is 0 Å². The molecule has 1 saturated carbocycles. The van der Waals surface area contributed by atoms with E-state index >= 15 is 0 Å². The number of carbonyl (C=O) groups is 1. The van der Waals surface area contributed by atoms with Crippen molar-refractivity contribution in [2.24, 2.45) is 0 Å². The van der Waals surface area contributed by atoms with Gasteiger partial charge in [0.2, 0.25) is 0 Å². The van der Waals surface area contributed by atoms with Gasteiger partial charge in [0.05, 0.1) is 6.54 Å². The van der Waals surface area contributed by atoms with Crippen molar-refractivity contribution < 1.29 is 4.79 Å². The Morgan fingerprint density at radius 1 is 1.33 bits per heavy atom. The zero-order chi connectivity index (χ0) is 10.5. The van der Waals surface area contributed by atoms with Crippen LogP contribution in [0.5, 0.6) is 0 Å². The van der Waals surface area contributed by atoms with Gasteiger partial charge in [-0.25, -0.2) is 0 Å². The third-order valence-electron chi connectivity index (χ3n) is 3.65. The third kappa shape index (κ3) is 1.32. The van der Waals surface area contributed by atoms with Crippen LogP contribution in [-0.4, -0.2) is 18.9 Å². The number of aryl methyl sites for hydroxylation is 1. The number of hydrogen-bond acceptors (Lipinski definition) is 2. The van der Waals surface area contributed by atoms with Crippen molar-refractivity contribution in [2.45, 2.75) is 25.2 Å². The number of nitrogens with one attached hydrogen (secondary N) is 1. The summed E-state index contributed by atoms with van der Waals surface area (Å²) in [7, 11) is 0. The highest BCUT2D eigenvalue weighted by molar-refractivity contribution is 6.00. The summed E-state index contributed by atoms with van der Waals surface area (Å²) in [5.41, 5.74) is 3.70. The highest BCUT2D eigenvalue weighted by Gasteiger charge is 2.46. The standard InChI is InChI=1S/C13H15NO/c1-9-2-3-11-10(6-9)12(15)7-14-8-13(11)4-5-13/h2-3,6,14H,4-5,7-8H2,1H3. The number of hydrogen-bond donors (Lipinski definition) is 1. The van der Waals surface area contributed by atoms with Gasteiger partial charge in [-0.2, -0.15) is 0 Å². The molecule has 78 valence electrons. The fourth-order valence-electron chi connectivity index (χ4n) is 2.55. The van der Waals surface area contributed by atoms with Crippen molar-refractivity contribution in [1.29, 1.82) is 0 Å². The quantitative estimate of drug-likeness (QED) is 0.693. The van der Waals surface area contributed by atoms with Gasteiger partial charge in [-0.05, 0) is 31.4 Å². The van der Waals surface area contributed by atoms with E-state index in [9.17, 15) is 4.79 Å². The van der Waals surface area contributed by atoms with E-state index in [0.717, 1.165) is 12.1 Å². The molecule has 1 aromatic carbocycles. The molecule has 1 fully saturated rings. The zero-order valence-corrected chi connectivity index (χ0v) is 8.97. The van der Waals surface area contributed by atoms with E-state index in [2.05, 4.69) is 17.4 Å². The van der Waals surface area contributed by atoms with Gasteiger partial charge in [0.1, 0.15) is 0 Å². The first-order valence-corrected chi connectivity index (χ1v) is 5.56. The largest absolute Gasteiger partial charge is 0.309 e. The SMILES string of the molecule is Cc1ccc2c(c1)C(=O)CNCC21CC1. The van der Waals surface area contributed by atoms with Crippen molar-refractivity contribution >= 4 is 5.78 Å². The number of Topliss-reactive ketones (excluding diaryl/α,β-unsaturated/α-hetero) is 1. The molecule has 0 bridgehead atoms. The lowest BCUT2D eigenvalue weighted by molar-refractivity contribution is 0.0994. The zero-order valence-electron chi connectivity index (χ0n) is 8.97. The minimum absolute atomic E-state index is 0.248. The molecular formula is C13H15NO. The van der Waals surface area contributed by atoms with Crippen molar-refractivity contribution in [3.05, 3.63) is 34.9 Å².